The Morgan fingerprint density at radius 1 is 0.955 bits per heavy atom. The van der Waals surface area contributed by atoms with E-state index < -0.39 is 14.2 Å². The first-order valence-corrected chi connectivity index (χ1v) is 9.32. The van der Waals surface area contributed by atoms with Gasteiger partial charge in [0.05, 0.1) is 0 Å². The first-order valence-electron chi connectivity index (χ1n) is 7.41. The molecule has 0 unspecified atom stereocenters. The predicted octanol–water partition coefficient (Wildman–Crippen LogP) is 2.05. The number of benzene rings is 2. The normalized spacial score (nSPS) is 12.1. The maximum atomic E-state index is 11.4. The molecule has 116 valence electrons. The second kappa shape index (κ2) is 6.46. The van der Waals surface area contributed by atoms with Gasteiger partial charge in [0.25, 0.3) is 8.32 Å². The van der Waals surface area contributed by atoms with Crippen LogP contribution in [-0.4, -0.2) is 20.8 Å². The molecule has 4 heteroatoms. The lowest BCUT2D eigenvalue weighted by Gasteiger charge is -2.42. The molecule has 1 amide bonds. The Kier molecular flexibility index (Phi) is 4.83. The molecule has 2 aromatic rings. The molecule has 0 heterocycles. The summed E-state index contributed by atoms with van der Waals surface area (Å²) in [6, 6.07) is 20.4. The van der Waals surface area contributed by atoms with E-state index >= 15 is 0 Å². The van der Waals surface area contributed by atoms with E-state index in [1.54, 1.807) is 0 Å². The van der Waals surface area contributed by atoms with Gasteiger partial charge in [-0.3, -0.25) is 4.79 Å². The Hall–Kier alpha value is -1.91. The topological polar surface area (TPSA) is 52.3 Å². The van der Waals surface area contributed by atoms with Gasteiger partial charge in [-0.1, -0.05) is 81.4 Å². The minimum atomic E-state index is -2.61. The number of hydrogen-bond acceptors (Lipinski definition) is 2. The van der Waals surface area contributed by atoms with E-state index in [1.807, 2.05) is 36.4 Å². The average Bonchev–Trinajstić information content (AvgIpc) is 2.48. The van der Waals surface area contributed by atoms with Crippen molar-refractivity contribution in [2.75, 3.05) is 6.61 Å². The van der Waals surface area contributed by atoms with Crippen LogP contribution in [0.4, 0.5) is 0 Å². The molecule has 0 saturated heterocycles. The molecule has 0 aromatic heterocycles. The zero-order valence-electron chi connectivity index (χ0n) is 13.4. The highest BCUT2D eigenvalue weighted by molar-refractivity contribution is 6.99. The van der Waals surface area contributed by atoms with E-state index in [4.69, 9.17) is 10.2 Å². The van der Waals surface area contributed by atoms with E-state index in [0.29, 0.717) is 0 Å². The van der Waals surface area contributed by atoms with Gasteiger partial charge in [-0.05, 0) is 15.4 Å². The molecule has 0 bridgehead atoms. The van der Waals surface area contributed by atoms with Gasteiger partial charge in [0.2, 0.25) is 5.91 Å². The number of primary amides is 1. The summed E-state index contributed by atoms with van der Waals surface area (Å²) in [6.45, 7) is 6.44. The van der Waals surface area contributed by atoms with Crippen LogP contribution in [0.25, 0.3) is 0 Å². The van der Waals surface area contributed by atoms with Crippen LogP contribution in [0.1, 0.15) is 20.8 Å². The van der Waals surface area contributed by atoms with Crippen LogP contribution in [-0.2, 0) is 9.22 Å². The average molecular weight is 313 g/mol. The van der Waals surface area contributed by atoms with Crippen molar-refractivity contribution in [3.8, 4) is 0 Å². The first kappa shape index (κ1) is 16.5. The summed E-state index contributed by atoms with van der Waals surface area (Å²) in [5.74, 6) is -0.437. The SMILES string of the molecule is CC(C)(C)[Si](OCC(N)=O)(c1ccccc1)c1ccccc1. The molecule has 0 fully saturated rings. The van der Waals surface area contributed by atoms with Crippen molar-refractivity contribution >= 4 is 24.6 Å². The molecule has 22 heavy (non-hydrogen) atoms. The minimum absolute atomic E-state index is 0.0622. The van der Waals surface area contributed by atoms with Gasteiger partial charge in [0.1, 0.15) is 6.61 Å². The third-order valence-corrected chi connectivity index (χ3v) is 8.83. The van der Waals surface area contributed by atoms with Gasteiger partial charge in [-0.2, -0.15) is 0 Å². The monoisotopic (exact) mass is 313 g/mol. The molecule has 0 spiro atoms. The van der Waals surface area contributed by atoms with Gasteiger partial charge < -0.3 is 10.2 Å². The van der Waals surface area contributed by atoms with Crippen molar-refractivity contribution in [3.05, 3.63) is 60.7 Å². The fourth-order valence-electron chi connectivity index (χ4n) is 2.94. The largest absolute Gasteiger partial charge is 0.398 e. The van der Waals surface area contributed by atoms with Gasteiger partial charge in [-0.15, -0.1) is 0 Å². The van der Waals surface area contributed by atoms with E-state index in [-0.39, 0.29) is 11.6 Å². The van der Waals surface area contributed by atoms with E-state index in [9.17, 15) is 4.79 Å². The van der Waals surface area contributed by atoms with Gasteiger partial charge in [0.15, 0.2) is 0 Å². The van der Waals surface area contributed by atoms with Gasteiger partial charge in [0, 0.05) is 0 Å². The molecule has 0 saturated carbocycles. The molecule has 3 nitrogen and oxygen atoms in total. The van der Waals surface area contributed by atoms with Crippen molar-refractivity contribution in [1.82, 2.24) is 0 Å². The Morgan fingerprint density at radius 3 is 1.68 bits per heavy atom. The summed E-state index contributed by atoms with van der Waals surface area (Å²) < 4.78 is 6.29. The molecule has 0 aliphatic heterocycles. The maximum absolute atomic E-state index is 11.4. The zero-order valence-corrected chi connectivity index (χ0v) is 14.4. The van der Waals surface area contributed by atoms with Crippen LogP contribution in [0.2, 0.25) is 5.04 Å². The second-order valence-electron chi connectivity index (χ2n) is 6.42. The Labute approximate surface area is 133 Å². The smallest absolute Gasteiger partial charge is 0.261 e. The molecule has 2 aromatic carbocycles. The molecule has 2 N–H and O–H groups in total. The Balaban J connectivity index is 2.67. The van der Waals surface area contributed by atoms with Gasteiger partial charge >= 0.3 is 0 Å². The lowest BCUT2D eigenvalue weighted by Crippen LogP contribution is -2.67. The highest BCUT2D eigenvalue weighted by Gasteiger charge is 2.50. The predicted molar refractivity (Wildman–Crippen MR) is 92.8 cm³/mol. The van der Waals surface area contributed by atoms with E-state index in [1.165, 1.54) is 0 Å². The minimum Gasteiger partial charge on any atom is -0.398 e. The fourth-order valence-corrected chi connectivity index (χ4v) is 7.46. The van der Waals surface area contributed by atoms with Crippen molar-refractivity contribution in [2.24, 2.45) is 5.73 Å². The van der Waals surface area contributed by atoms with Crippen molar-refractivity contribution in [1.29, 1.82) is 0 Å². The Bertz CT molecular complexity index is 581. The first-order chi connectivity index (χ1) is 10.4. The number of carbonyl (C=O) groups is 1. The van der Waals surface area contributed by atoms with Crippen LogP contribution in [0.15, 0.2) is 60.7 Å². The standard InChI is InChI=1S/C18H23NO2Si/c1-18(2,3)22(21-14-17(19)20,15-10-6-4-7-11-15)16-12-8-5-9-13-16/h4-13H,14H2,1-3H3,(H2,19,20). The summed E-state index contributed by atoms with van der Waals surface area (Å²) >= 11 is 0. The van der Waals surface area contributed by atoms with Crippen molar-refractivity contribution in [2.45, 2.75) is 25.8 Å². The van der Waals surface area contributed by atoms with Crippen molar-refractivity contribution < 1.29 is 9.22 Å². The van der Waals surface area contributed by atoms with Crippen LogP contribution < -0.4 is 16.1 Å². The van der Waals surface area contributed by atoms with E-state index in [0.717, 1.165) is 10.4 Å². The molecule has 0 radical (unpaired) electrons. The van der Waals surface area contributed by atoms with E-state index in [2.05, 4.69) is 45.0 Å². The second-order valence-corrected chi connectivity index (χ2v) is 10.7. The summed E-state index contributed by atoms with van der Waals surface area (Å²) in [4.78, 5) is 11.4. The fraction of sp³-hybridized carbons (Fsp3) is 0.278. The molecule has 0 atom stereocenters. The quantitative estimate of drug-likeness (QED) is 0.859. The lowest BCUT2D eigenvalue weighted by atomic mass is 10.2. The maximum Gasteiger partial charge on any atom is 0.261 e. The lowest BCUT2D eigenvalue weighted by molar-refractivity contribution is -0.120. The van der Waals surface area contributed by atoms with Crippen LogP contribution >= 0.6 is 0 Å². The van der Waals surface area contributed by atoms with Crippen LogP contribution in [0.5, 0.6) is 0 Å². The highest BCUT2D eigenvalue weighted by atomic mass is 28.4. The van der Waals surface area contributed by atoms with Crippen LogP contribution in [0, 0.1) is 0 Å². The number of nitrogens with two attached hydrogens (primary N) is 1. The number of carbonyl (C=O) groups excluding carboxylic acids is 1. The van der Waals surface area contributed by atoms with Crippen molar-refractivity contribution in [3.63, 3.8) is 0 Å². The zero-order chi connectivity index (χ0) is 16.2. The number of amides is 1. The Morgan fingerprint density at radius 2 is 1.36 bits per heavy atom. The van der Waals surface area contributed by atoms with Gasteiger partial charge in [-0.25, -0.2) is 0 Å². The summed E-state index contributed by atoms with van der Waals surface area (Å²) in [6.07, 6.45) is 0. The van der Waals surface area contributed by atoms with Crippen LogP contribution in [0.3, 0.4) is 0 Å². The third kappa shape index (κ3) is 3.13. The summed E-state index contributed by atoms with van der Waals surface area (Å²) in [5.41, 5.74) is 5.36. The summed E-state index contributed by atoms with van der Waals surface area (Å²) in [5, 5.41) is 2.16. The third-order valence-electron chi connectivity index (χ3n) is 3.85. The molecular formula is C18H23NO2Si. The highest BCUT2D eigenvalue weighted by Crippen LogP contribution is 2.36. The summed E-state index contributed by atoms with van der Waals surface area (Å²) in [7, 11) is -2.61. The number of hydrogen-bond donors (Lipinski definition) is 1. The molecule has 0 aliphatic rings. The molecule has 0 aliphatic carbocycles. The molecule has 2 rings (SSSR count). The molecular weight excluding hydrogens is 290 g/mol. The number of rotatable bonds is 5.